The van der Waals surface area contributed by atoms with E-state index in [0.717, 1.165) is 11.1 Å². The first kappa shape index (κ1) is 19.4. The molecule has 0 saturated carbocycles. The van der Waals surface area contributed by atoms with E-state index in [-0.39, 0.29) is 11.7 Å². The van der Waals surface area contributed by atoms with Gasteiger partial charge < -0.3 is 4.90 Å². The average Bonchev–Trinajstić information content (AvgIpc) is 2.94. The minimum Gasteiger partial charge on any atom is -0.300 e. The van der Waals surface area contributed by atoms with Crippen LogP contribution in [-0.2, 0) is 9.84 Å². The van der Waals surface area contributed by atoms with Crippen molar-refractivity contribution in [1.29, 1.82) is 0 Å². The SMILES string of the molecule is Cc1cc(C)cc(C(=O)N(c2ccc(C(C)C)cc2)C2C=CS(=O)(=O)C2)c1. The summed E-state index contributed by atoms with van der Waals surface area (Å²) < 4.78 is 23.9. The number of amides is 1. The molecule has 0 bridgehead atoms. The van der Waals surface area contributed by atoms with Crippen LogP contribution in [0.15, 0.2) is 53.9 Å². The summed E-state index contributed by atoms with van der Waals surface area (Å²) in [6, 6.07) is 13.0. The highest BCUT2D eigenvalue weighted by Gasteiger charge is 2.32. The van der Waals surface area contributed by atoms with E-state index in [2.05, 4.69) is 13.8 Å². The number of hydrogen-bond donors (Lipinski definition) is 0. The van der Waals surface area contributed by atoms with E-state index in [1.54, 1.807) is 11.0 Å². The van der Waals surface area contributed by atoms with Gasteiger partial charge in [-0.3, -0.25) is 4.79 Å². The lowest BCUT2D eigenvalue weighted by Crippen LogP contribution is -2.41. The van der Waals surface area contributed by atoms with Crippen LogP contribution in [0.2, 0.25) is 0 Å². The third kappa shape index (κ3) is 4.30. The summed E-state index contributed by atoms with van der Waals surface area (Å²) in [5.74, 6) is 0.107. The van der Waals surface area contributed by atoms with Crippen molar-refractivity contribution in [2.45, 2.75) is 39.7 Å². The molecule has 2 aromatic carbocycles. The number of carbonyl (C=O) groups excluding carboxylic acids is 1. The number of rotatable bonds is 4. The summed E-state index contributed by atoms with van der Waals surface area (Å²) in [7, 11) is -3.28. The van der Waals surface area contributed by atoms with E-state index in [9.17, 15) is 13.2 Å². The molecule has 27 heavy (non-hydrogen) atoms. The van der Waals surface area contributed by atoms with E-state index in [1.165, 1.54) is 11.0 Å². The van der Waals surface area contributed by atoms with Gasteiger partial charge in [-0.05, 0) is 55.7 Å². The van der Waals surface area contributed by atoms with Crippen molar-refractivity contribution >= 4 is 21.4 Å². The van der Waals surface area contributed by atoms with Crippen molar-refractivity contribution in [3.05, 3.63) is 76.2 Å². The third-order valence-corrected chi connectivity index (χ3v) is 6.15. The van der Waals surface area contributed by atoms with Gasteiger partial charge in [0.1, 0.15) is 0 Å². The molecule has 0 saturated heterocycles. The van der Waals surface area contributed by atoms with Crippen LogP contribution >= 0.6 is 0 Å². The van der Waals surface area contributed by atoms with Gasteiger partial charge in [0, 0.05) is 16.7 Å². The van der Waals surface area contributed by atoms with Crippen molar-refractivity contribution in [1.82, 2.24) is 0 Å². The Hall–Kier alpha value is -2.40. The molecule has 5 heteroatoms. The fourth-order valence-corrected chi connectivity index (χ4v) is 4.70. The van der Waals surface area contributed by atoms with Crippen molar-refractivity contribution in [2.75, 3.05) is 10.7 Å². The molecule has 0 N–H and O–H groups in total. The van der Waals surface area contributed by atoms with Gasteiger partial charge in [0.15, 0.2) is 9.84 Å². The summed E-state index contributed by atoms with van der Waals surface area (Å²) in [6.45, 7) is 8.12. The fourth-order valence-electron chi connectivity index (χ4n) is 3.44. The molecular formula is C22H25NO3S. The van der Waals surface area contributed by atoms with Gasteiger partial charge >= 0.3 is 0 Å². The van der Waals surface area contributed by atoms with E-state index in [1.807, 2.05) is 56.3 Å². The summed E-state index contributed by atoms with van der Waals surface area (Å²) in [5, 5.41) is 1.21. The van der Waals surface area contributed by atoms with Crippen LogP contribution < -0.4 is 4.90 Å². The Bertz CT molecular complexity index is 968. The van der Waals surface area contributed by atoms with Gasteiger partial charge in [0.2, 0.25) is 0 Å². The predicted molar refractivity (Wildman–Crippen MR) is 110 cm³/mol. The summed E-state index contributed by atoms with van der Waals surface area (Å²) in [4.78, 5) is 15.0. The largest absolute Gasteiger partial charge is 0.300 e. The summed E-state index contributed by atoms with van der Waals surface area (Å²) >= 11 is 0. The zero-order valence-electron chi connectivity index (χ0n) is 16.1. The molecule has 1 aliphatic heterocycles. The first-order valence-electron chi connectivity index (χ1n) is 9.09. The Labute approximate surface area is 161 Å². The van der Waals surface area contributed by atoms with Gasteiger partial charge in [-0.2, -0.15) is 0 Å². The summed E-state index contributed by atoms with van der Waals surface area (Å²) in [5.41, 5.74) is 4.45. The third-order valence-electron chi connectivity index (χ3n) is 4.77. The molecule has 1 amide bonds. The average molecular weight is 384 g/mol. The monoisotopic (exact) mass is 383 g/mol. The Morgan fingerprint density at radius 2 is 1.63 bits per heavy atom. The normalized spacial score (nSPS) is 18.0. The van der Waals surface area contributed by atoms with Crippen LogP contribution in [0.3, 0.4) is 0 Å². The minimum absolute atomic E-state index is 0.0878. The van der Waals surface area contributed by atoms with Crippen LogP contribution in [0.5, 0.6) is 0 Å². The lowest BCUT2D eigenvalue weighted by Gasteiger charge is -2.28. The first-order valence-corrected chi connectivity index (χ1v) is 10.8. The molecule has 2 aromatic rings. The highest BCUT2D eigenvalue weighted by Crippen LogP contribution is 2.27. The zero-order valence-corrected chi connectivity index (χ0v) is 17.0. The van der Waals surface area contributed by atoms with Crippen molar-refractivity contribution < 1.29 is 13.2 Å². The Morgan fingerprint density at radius 1 is 1.04 bits per heavy atom. The van der Waals surface area contributed by atoms with Crippen LogP contribution in [-0.4, -0.2) is 26.1 Å². The van der Waals surface area contributed by atoms with E-state index < -0.39 is 15.9 Å². The van der Waals surface area contributed by atoms with Crippen LogP contribution in [0, 0.1) is 13.8 Å². The van der Waals surface area contributed by atoms with Crippen molar-refractivity contribution in [3.8, 4) is 0 Å². The van der Waals surface area contributed by atoms with Crippen LogP contribution in [0.1, 0.15) is 46.8 Å². The van der Waals surface area contributed by atoms with Crippen molar-refractivity contribution in [3.63, 3.8) is 0 Å². The van der Waals surface area contributed by atoms with E-state index >= 15 is 0 Å². The predicted octanol–water partition coefficient (Wildman–Crippen LogP) is 4.38. The van der Waals surface area contributed by atoms with Crippen molar-refractivity contribution in [2.24, 2.45) is 0 Å². The second-order valence-corrected chi connectivity index (χ2v) is 9.45. The molecule has 1 unspecified atom stereocenters. The summed E-state index contributed by atoms with van der Waals surface area (Å²) in [6.07, 6.45) is 1.60. The fraction of sp³-hybridized carbons (Fsp3) is 0.318. The minimum atomic E-state index is -3.28. The molecular weight excluding hydrogens is 358 g/mol. The molecule has 0 spiro atoms. The molecule has 0 aromatic heterocycles. The maximum absolute atomic E-state index is 13.4. The molecule has 0 fully saturated rings. The Kier molecular flexibility index (Phi) is 5.24. The standard InChI is InChI=1S/C22H25NO3S/c1-15(2)18-5-7-20(8-6-18)23(21-9-10-27(25,26)14-21)22(24)19-12-16(3)11-17(4)13-19/h5-13,15,21H,14H2,1-4H3. The van der Waals surface area contributed by atoms with Gasteiger partial charge in [0.25, 0.3) is 5.91 Å². The maximum Gasteiger partial charge on any atom is 0.258 e. The van der Waals surface area contributed by atoms with E-state index in [4.69, 9.17) is 0 Å². The number of anilines is 1. The highest BCUT2D eigenvalue weighted by atomic mass is 32.2. The molecule has 0 radical (unpaired) electrons. The van der Waals surface area contributed by atoms with Gasteiger partial charge in [-0.25, -0.2) is 8.42 Å². The second-order valence-electron chi connectivity index (χ2n) is 7.52. The molecule has 3 rings (SSSR count). The molecule has 1 aliphatic rings. The van der Waals surface area contributed by atoms with Crippen LogP contribution in [0.4, 0.5) is 5.69 Å². The quantitative estimate of drug-likeness (QED) is 0.787. The Morgan fingerprint density at radius 3 is 2.11 bits per heavy atom. The molecule has 1 heterocycles. The smallest absolute Gasteiger partial charge is 0.258 e. The second kappa shape index (κ2) is 7.31. The number of hydrogen-bond acceptors (Lipinski definition) is 3. The number of sulfone groups is 1. The number of aryl methyl sites for hydroxylation is 2. The number of carbonyl (C=O) groups is 1. The van der Waals surface area contributed by atoms with Gasteiger partial charge in [-0.1, -0.05) is 43.2 Å². The van der Waals surface area contributed by atoms with Crippen LogP contribution in [0.25, 0.3) is 0 Å². The zero-order chi connectivity index (χ0) is 19.8. The van der Waals surface area contributed by atoms with Gasteiger partial charge in [-0.15, -0.1) is 0 Å². The van der Waals surface area contributed by atoms with E-state index in [0.29, 0.717) is 17.2 Å². The maximum atomic E-state index is 13.4. The molecule has 4 nitrogen and oxygen atoms in total. The molecule has 1 atom stereocenters. The lowest BCUT2D eigenvalue weighted by molar-refractivity contribution is 0.0983. The number of nitrogens with zero attached hydrogens (tertiary/aromatic N) is 1. The topological polar surface area (TPSA) is 54.5 Å². The Balaban J connectivity index is 2.04. The molecule has 142 valence electrons. The number of benzene rings is 2. The van der Waals surface area contributed by atoms with Gasteiger partial charge in [0.05, 0.1) is 11.8 Å². The molecule has 0 aliphatic carbocycles. The first-order chi connectivity index (χ1) is 12.7. The highest BCUT2D eigenvalue weighted by molar-refractivity contribution is 7.94. The lowest BCUT2D eigenvalue weighted by atomic mass is 10.0.